The molecule has 1 heterocycles. The van der Waals surface area contributed by atoms with E-state index in [9.17, 15) is 18.0 Å². The van der Waals surface area contributed by atoms with Crippen molar-refractivity contribution >= 4 is 17.5 Å². The molecule has 0 unspecified atom stereocenters. The Balaban J connectivity index is 3.09. The van der Waals surface area contributed by atoms with Crippen molar-refractivity contribution in [3.63, 3.8) is 0 Å². The van der Waals surface area contributed by atoms with Gasteiger partial charge in [-0.15, -0.1) is 0 Å². The second-order valence-corrected chi connectivity index (χ2v) is 3.71. The smallest absolute Gasteiger partial charge is 0.373 e. The van der Waals surface area contributed by atoms with Gasteiger partial charge in [-0.1, -0.05) is 0 Å². The van der Waals surface area contributed by atoms with Crippen LogP contribution in [0.1, 0.15) is 5.82 Å². The minimum atomic E-state index is -4.64. The van der Waals surface area contributed by atoms with Crippen LogP contribution in [0.5, 0.6) is 0 Å². The third kappa shape index (κ3) is 3.97. The lowest BCUT2D eigenvalue weighted by atomic mass is 10.4. The van der Waals surface area contributed by atoms with E-state index >= 15 is 0 Å². The van der Waals surface area contributed by atoms with Crippen LogP contribution in [-0.2, 0) is 11.0 Å². The van der Waals surface area contributed by atoms with Crippen molar-refractivity contribution in [3.8, 4) is 0 Å². The first-order valence-corrected chi connectivity index (χ1v) is 5.33. The minimum absolute atomic E-state index is 0.00951. The van der Waals surface area contributed by atoms with Gasteiger partial charge in [0.25, 0.3) is 0 Å². The number of aromatic nitrogens is 2. The molecule has 0 atom stereocenters. The predicted octanol–water partition coefficient (Wildman–Crippen LogP) is 0.719. The van der Waals surface area contributed by atoms with E-state index < -0.39 is 12.0 Å². The Morgan fingerprint density at radius 2 is 2.00 bits per heavy atom. The van der Waals surface area contributed by atoms with Gasteiger partial charge in [-0.25, -0.2) is 9.97 Å². The quantitative estimate of drug-likeness (QED) is 0.848. The van der Waals surface area contributed by atoms with Crippen molar-refractivity contribution in [1.29, 1.82) is 0 Å². The molecule has 0 aliphatic carbocycles. The second kappa shape index (κ2) is 5.72. The molecule has 0 aliphatic heterocycles. The molecule has 0 bridgehead atoms. The highest BCUT2D eigenvalue weighted by Crippen LogP contribution is 2.28. The van der Waals surface area contributed by atoms with Crippen molar-refractivity contribution in [2.75, 3.05) is 37.9 Å². The predicted molar refractivity (Wildman–Crippen MR) is 63.9 cm³/mol. The molecule has 1 rings (SSSR count). The third-order valence-electron chi connectivity index (χ3n) is 2.27. The molecule has 0 saturated heterocycles. The van der Waals surface area contributed by atoms with Gasteiger partial charge in [0.2, 0.25) is 11.7 Å². The van der Waals surface area contributed by atoms with Crippen LogP contribution in [0.3, 0.4) is 0 Å². The van der Waals surface area contributed by atoms with Gasteiger partial charge in [-0.2, -0.15) is 13.2 Å². The maximum absolute atomic E-state index is 12.6. The van der Waals surface area contributed by atoms with Crippen LogP contribution >= 0.6 is 0 Å². The molecule has 0 aromatic carbocycles. The standard InChI is InChI=1S/C10H14F3N5O/c1-14-6-4-7(18(3)5-8(19)15-2)17-9(16-6)10(11,12)13/h4H,5H2,1-3H3,(H,15,19)(H,14,16,17). The first kappa shape index (κ1) is 15.0. The third-order valence-corrected chi connectivity index (χ3v) is 2.27. The molecular weight excluding hydrogens is 263 g/mol. The first-order chi connectivity index (χ1) is 8.77. The van der Waals surface area contributed by atoms with Crippen molar-refractivity contribution in [1.82, 2.24) is 15.3 Å². The summed E-state index contributed by atoms with van der Waals surface area (Å²) in [5, 5.41) is 4.90. The van der Waals surface area contributed by atoms with Gasteiger partial charge in [-0.3, -0.25) is 4.79 Å². The van der Waals surface area contributed by atoms with Crippen LogP contribution in [-0.4, -0.2) is 43.6 Å². The Kier molecular flexibility index (Phi) is 4.52. The average molecular weight is 277 g/mol. The monoisotopic (exact) mass is 277 g/mol. The Labute approximate surface area is 108 Å². The van der Waals surface area contributed by atoms with Gasteiger partial charge in [0.05, 0.1) is 6.54 Å². The van der Waals surface area contributed by atoms with Crippen LogP contribution in [0.4, 0.5) is 24.8 Å². The van der Waals surface area contributed by atoms with Crippen molar-refractivity contribution in [2.45, 2.75) is 6.18 Å². The van der Waals surface area contributed by atoms with E-state index in [4.69, 9.17) is 0 Å². The maximum atomic E-state index is 12.6. The molecule has 19 heavy (non-hydrogen) atoms. The van der Waals surface area contributed by atoms with E-state index in [2.05, 4.69) is 20.6 Å². The van der Waals surface area contributed by atoms with Crippen molar-refractivity contribution in [2.24, 2.45) is 0 Å². The number of nitrogens with one attached hydrogen (secondary N) is 2. The number of rotatable bonds is 4. The topological polar surface area (TPSA) is 70.2 Å². The number of hydrogen-bond acceptors (Lipinski definition) is 5. The summed E-state index contributed by atoms with van der Waals surface area (Å²) in [5.74, 6) is -1.55. The van der Waals surface area contributed by atoms with Crippen molar-refractivity contribution < 1.29 is 18.0 Å². The summed E-state index contributed by atoms with van der Waals surface area (Å²) in [6, 6.07) is 1.33. The molecule has 9 heteroatoms. The highest BCUT2D eigenvalue weighted by atomic mass is 19.4. The number of amides is 1. The highest BCUT2D eigenvalue weighted by Gasteiger charge is 2.35. The summed E-state index contributed by atoms with van der Waals surface area (Å²) in [6.45, 7) is -0.103. The van der Waals surface area contributed by atoms with Gasteiger partial charge >= 0.3 is 6.18 Å². The van der Waals surface area contributed by atoms with Gasteiger partial charge in [0.15, 0.2) is 0 Å². The molecule has 0 fully saturated rings. The molecule has 1 amide bonds. The minimum Gasteiger partial charge on any atom is -0.373 e. The van der Waals surface area contributed by atoms with Crippen LogP contribution in [0, 0.1) is 0 Å². The molecule has 0 radical (unpaired) electrons. The zero-order chi connectivity index (χ0) is 14.6. The summed E-state index contributed by atoms with van der Waals surface area (Å²) in [5.41, 5.74) is 0. The molecule has 2 N–H and O–H groups in total. The van der Waals surface area contributed by atoms with Crippen LogP contribution in [0.2, 0.25) is 0 Å². The number of hydrogen-bond donors (Lipinski definition) is 2. The highest BCUT2D eigenvalue weighted by molar-refractivity contribution is 5.80. The molecule has 1 aromatic heterocycles. The van der Waals surface area contributed by atoms with E-state index in [1.54, 1.807) is 0 Å². The zero-order valence-corrected chi connectivity index (χ0v) is 10.7. The Morgan fingerprint density at radius 3 is 2.47 bits per heavy atom. The van der Waals surface area contributed by atoms with E-state index in [0.717, 1.165) is 0 Å². The number of nitrogens with zero attached hydrogens (tertiary/aromatic N) is 3. The lowest BCUT2D eigenvalue weighted by Crippen LogP contribution is -2.33. The molecule has 0 spiro atoms. The van der Waals surface area contributed by atoms with Crippen molar-refractivity contribution in [3.05, 3.63) is 11.9 Å². The fraction of sp³-hybridized carbons (Fsp3) is 0.500. The SMILES string of the molecule is CNC(=O)CN(C)c1cc(NC)nc(C(F)(F)F)n1. The molecular formula is C10H14F3N5O. The lowest BCUT2D eigenvalue weighted by Gasteiger charge is -2.19. The van der Waals surface area contributed by atoms with Crippen LogP contribution in [0.15, 0.2) is 6.07 Å². The summed E-state index contributed by atoms with van der Waals surface area (Å²) >= 11 is 0. The number of halogens is 3. The van der Waals surface area contributed by atoms with E-state index in [1.165, 1.54) is 32.1 Å². The van der Waals surface area contributed by atoms with Crippen LogP contribution in [0.25, 0.3) is 0 Å². The fourth-order valence-corrected chi connectivity index (χ4v) is 1.26. The van der Waals surface area contributed by atoms with E-state index in [0.29, 0.717) is 0 Å². The Morgan fingerprint density at radius 1 is 1.37 bits per heavy atom. The van der Waals surface area contributed by atoms with Crippen LogP contribution < -0.4 is 15.5 Å². The summed E-state index contributed by atoms with van der Waals surface area (Å²) in [7, 11) is 4.36. The molecule has 0 saturated carbocycles. The summed E-state index contributed by atoms with van der Waals surface area (Å²) in [4.78, 5) is 19.2. The summed E-state index contributed by atoms with van der Waals surface area (Å²) in [6.07, 6.45) is -4.64. The number of likely N-dealkylation sites (N-methyl/N-ethyl adjacent to an activating group) is 2. The maximum Gasteiger partial charge on any atom is 0.451 e. The number of carbonyl (C=O) groups is 1. The number of alkyl halides is 3. The normalized spacial score (nSPS) is 11.1. The number of carbonyl (C=O) groups excluding carboxylic acids is 1. The van der Waals surface area contributed by atoms with Gasteiger partial charge in [-0.05, 0) is 0 Å². The average Bonchev–Trinajstić information content (AvgIpc) is 2.36. The van der Waals surface area contributed by atoms with E-state index in [1.807, 2.05) is 0 Å². The fourth-order valence-electron chi connectivity index (χ4n) is 1.26. The second-order valence-electron chi connectivity index (χ2n) is 3.71. The largest absolute Gasteiger partial charge is 0.451 e. The molecule has 1 aromatic rings. The lowest BCUT2D eigenvalue weighted by molar-refractivity contribution is -0.144. The Hall–Kier alpha value is -2.06. The van der Waals surface area contributed by atoms with E-state index in [-0.39, 0.29) is 24.1 Å². The molecule has 0 aliphatic rings. The zero-order valence-electron chi connectivity index (χ0n) is 10.7. The molecule has 6 nitrogen and oxygen atoms in total. The van der Waals surface area contributed by atoms with Gasteiger partial charge < -0.3 is 15.5 Å². The summed E-state index contributed by atoms with van der Waals surface area (Å²) < 4.78 is 37.9. The first-order valence-electron chi connectivity index (χ1n) is 5.33. The van der Waals surface area contributed by atoms with Gasteiger partial charge in [0, 0.05) is 27.2 Å². The Bertz CT molecular complexity index is 463. The molecule has 106 valence electrons. The number of anilines is 2. The van der Waals surface area contributed by atoms with Gasteiger partial charge in [0.1, 0.15) is 11.6 Å².